The van der Waals surface area contributed by atoms with Gasteiger partial charge in [0.1, 0.15) is 0 Å². The quantitative estimate of drug-likeness (QED) is 0.767. The number of hydrogen-bond donors (Lipinski definition) is 2. The monoisotopic (exact) mass is 392 g/mol. The molecule has 3 fully saturated rings. The van der Waals surface area contributed by atoms with E-state index in [1.165, 1.54) is 0 Å². The Kier molecular flexibility index (Phi) is 3.44. The number of imidazole rings is 1. The van der Waals surface area contributed by atoms with Gasteiger partial charge >= 0.3 is 5.69 Å². The van der Waals surface area contributed by atoms with Crippen molar-refractivity contribution in [1.82, 2.24) is 19.8 Å². The number of carbonyl (C=O) groups is 2. The molecule has 1 aromatic carbocycles. The number of likely N-dealkylation sites (tertiary alicyclic amines) is 1. The number of aromatic nitrogens is 2. The number of amides is 2. The molecule has 1 saturated carbocycles. The zero-order valence-corrected chi connectivity index (χ0v) is 16.2. The van der Waals surface area contributed by atoms with E-state index in [-0.39, 0.29) is 35.0 Å². The fraction of sp³-hybridized carbons (Fsp3) is 0.500. The smallest absolute Gasteiger partial charge is 0.323 e. The maximum absolute atomic E-state index is 13.4. The molecule has 2 aliphatic heterocycles. The predicted octanol–water partition coefficient (Wildman–Crippen LogP) is 2.03. The summed E-state index contributed by atoms with van der Waals surface area (Å²) in [7, 11) is 0. The molecule has 1 aromatic heterocycles. The Balaban J connectivity index is 1.27. The standard InChI is InChI=1S/C22H24N4O3/c27-19(16-2-1-3-17-18(16)24-21(29)23-17)26-14-4-5-15(26)12-25(11-14)20(28)22-8-6-13(10-22)7-9-22/h1-3,6,8,13-15H,4-5,7,9-12H2,(H2,23,24,29)/t13?,14-,15+,22?. The highest BCUT2D eigenvalue weighted by Gasteiger charge is 2.51. The van der Waals surface area contributed by atoms with E-state index in [1.54, 1.807) is 18.2 Å². The molecule has 2 amide bonds. The number of para-hydroxylation sites is 1. The van der Waals surface area contributed by atoms with Crippen LogP contribution in [0, 0.1) is 11.3 Å². The SMILES string of the molecule is O=C(c1cccc2[nH]c(=O)[nH]c12)N1[C@@H]2CC[C@H]1CN(C(=O)C13C=CC(CC1)C3)C2. The number of carbonyl (C=O) groups excluding carboxylic acids is 2. The maximum atomic E-state index is 13.4. The number of fused-ring (bicyclic) bond motifs is 5. The van der Waals surface area contributed by atoms with Crippen LogP contribution in [-0.4, -0.2) is 56.8 Å². The minimum atomic E-state index is -0.308. The van der Waals surface area contributed by atoms with Crippen molar-refractivity contribution >= 4 is 22.8 Å². The van der Waals surface area contributed by atoms with Gasteiger partial charge in [0.25, 0.3) is 5.91 Å². The molecule has 2 saturated heterocycles. The average Bonchev–Trinajstić information content (AvgIpc) is 3.48. The average molecular weight is 392 g/mol. The van der Waals surface area contributed by atoms with E-state index in [9.17, 15) is 14.4 Å². The van der Waals surface area contributed by atoms with Crippen molar-refractivity contribution in [3.8, 4) is 0 Å². The fourth-order valence-electron chi connectivity index (χ4n) is 6.11. The van der Waals surface area contributed by atoms with Crippen molar-refractivity contribution in [1.29, 1.82) is 0 Å². The first-order valence-electron chi connectivity index (χ1n) is 10.6. The molecule has 29 heavy (non-hydrogen) atoms. The maximum Gasteiger partial charge on any atom is 0.323 e. The molecule has 0 spiro atoms. The Morgan fingerprint density at radius 1 is 1.07 bits per heavy atom. The molecule has 2 aromatic rings. The number of allylic oxidation sites excluding steroid dienone is 1. The lowest BCUT2D eigenvalue weighted by Gasteiger charge is -2.43. The summed E-state index contributed by atoms with van der Waals surface area (Å²) in [6.07, 6.45) is 9.25. The number of hydrogen-bond acceptors (Lipinski definition) is 3. The van der Waals surface area contributed by atoms with Gasteiger partial charge in [-0.2, -0.15) is 0 Å². The molecule has 2 unspecified atom stereocenters. The van der Waals surface area contributed by atoms with Crippen LogP contribution in [0.15, 0.2) is 35.1 Å². The molecule has 2 aliphatic carbocycles. The Bertz CT molecular complexity index is 1100. The molecule has 4 atom stereocenters. The van der Waals surface area contributed by atoms with Crippen molar-refractivity contribution in [3.63, 3.8) is 0 Å². The Morgan fingerprint density at radius 2 is 1.86 bits per heavy atom. The first-order valence-corrected chi connectivity index (χ1v) is 10.6. The highest BCUT2D eigenvalue weighted by Crippen LogP contribution is 2.50. The van der Waals surface area contributed by atoms with Crippen LogP contribution in [-0.2, 0) is 4.79 Å². The van der Waals surface area contributed by atoms with Gasteiger partial charge in [-0.25, -0.2) is 4.79 Å². The van der Waals surface area contributed by atoms with E-state index in [1.807, 2.05) is 9.80 Å². The molecule has 4 bridgehead atoms. The van der Waals surface area contributed by atoms with Crippen LogP contribution < -0.4 is 5.69 Å². The third-order valence-corrected chi connectivity index (χ3v) is 7.49. The highest BCUT2D eigenvalue weighted by molar-refractivity contribution is 6.05. The third kappa shape index (κ3) is 2.39. The van der Waals surface area contributed by atoms with Gasteiger partial charge in [-0.1, -0.05) is 18.2 Å². The number of benzene rings is 1. The summed E-state index contributed by atoms with van der Waals surface area (Å²) in [5.41, 5.74) is 1.13. The summed E-state index contributed by atoms with van der Waals surface area (Å²) in [5.74, 6) is 0.780. The first-order chi connectivity index (χ1) is 14.0. The lowest BCUT2D eigenvalue weighted by atomic mass is 9.85. The number of aromatic amines is 2. The van der Waals surface area contributed by atoms with Crippen molar-refractivity contribution in [3.05, 3.63) is 46.4 Å². The van der Waals surface area contributed by atoms with Crippen molar-refractivity contribution in [2.75, 3.05) is 13.1 Å². The van der Waals surface area contributed by atoms with Gasteiger partial charge in [0.05, 0.1) is 34.1 Å². The lowest BCUT2D eigenvalue weighted by molar-refractivity contribution is -0.142. The number of nitrogens with one attached hydrogen (secondary N) is 2. The molecule has 2 N–H and O–H groups in total. The molecular weight excluding hydrogens is 368 g/mol. The highest BCUT2D eigenvalue weighted by atomic mass is 16.2. The second-order valence-corrected chi connectivity index (χ2v) is 9.13. The summed E-state index contributed by atoms with van der Waals surface area (Å²) >= 11 is 0. The van der Waals surface area contributed by atoms with Crippen molar-refractivity contribution < 1.29 is 9.59 Å². The van der Waals surface area contributed by atoms with Crippen LogP contribution in [0.4, 0.5) is 0 Å². The second-order valence-electron chi connectivity index (χ2n) is 9.13. The summed E-state index contributed by atoms with van der Waals surface area (Å²) in [5, 5.41) is 0. The zero-order chi connectivity index (χ0) is 19.8. The van der Waals surface area contributed by atoms with Crippen LogP contribution in [0.2, 0.25) is 0 Å². The van der Waals surface area contributed by atoms with E-state index < -0.39 is 0 Å². The van der Waals surface area contributed by atoms with Crippen molar-refractivity contribution in [2.24, 2.45) is 11.3 Å². The van der Waals surface area contributed by atoms with Gasteiger partial charge in [0, 0.05) is 13.1 Å². The first kappa shape index (κ1) is 17.1. The van der Waals surface area contributed by atoms with Gasteiger partial charge in [0.15, 0.2) is 0 Å². The number of nitrogens with zero attached hydrogens (tertiary/aromatic N) is 2. The van der Waals surface area contributed by atoms with Gasteiger partial charge in [-0.3, -0.25) is 9.59 Å². The Hall–Kier alpha value is -2.83. The van der Waals surface area contributed by atoms with Crippen LogP contribution >= 0.6 is 0 Å². The normalized spacial score (nSPS) is 32.5. The Morgan fingerprint density at radius 3 is 2.52 bits per heavy atom. The number of H-pyrrole nitrogens is 2. The molecule has 150 valence electrons. The summed E-state index contributed by atoms with van der Waals surface area (Å²) in [4.78, 5) is 47.9. The van der Waals surface area contributed by atoms with E-state index >= 15 is 0 Å². The minimum Gasteiger partial charge on any atom is -0.338 e. The molecular formula is C22H24N4O3. The van der Waals surface area contributed by atoms with E-state index in [0.29, 0.717) is 35.6 Å². The van der Waals surface area contributed by atoms with Crippen LogP contribution in [0.3, 0.4) is 0 Å². The molecule has 4 aliphatic rings. The van der Waals surface area contributed by atoms with Crippen LogP contribution in [0.5, 0.6) is 0 Å². The molecule has 3 heterocycles. The van der Waals surface area contributed by atoms with Gasteiger partial charge in [0.2, 0.25) is 5.91 Å². The summed E-state index contributed by atoms with van der Waals surface area (Å²) < 4.78 is 0. The minimum absolute atomic E-state index is 0.0464. The zero-order valence-electron chi connectivity index (χ0n) is 16.2. The largest absolute Gasteiger partial charge is 0.338 e. The molecule has 0 radical (unpaired) electrons. The van der Waals surface area contributed by atoms with Gasteiger partial charge in [-0.05, 0) is 50.2 Å². The summed E-state index contributed by atoms with van der Waals surface area (Å²) in [6, 6.07) is 5.45. The number of rotatable bonds is 2. The Labute approximate surface area is 167 Å². The number of piperazine rings is 1. The topological polar surface area (TPSA) is 89.3 Å². The molecule has 6 rings (SSSR count). The van der Waals surface area contributed by atoms with E-state index in [0.717, 1.165) is 32.1 Å². The third-order valence-electron chi connectivity index (χ3n) is 7.49. The lowest BCUT2D eigenvalue weighted by Crippen LogP contribution is -2.59. The van der Waals surface area contributed by atoms with E-state index in [4.69, 9.17) is 0 Å². The van der Waals surface area contributed by atoms with Gasteiger partial charge < -0.3 is 19.8 Å². The van der Waals surface area contributed by atoms with Crippen LogP contribution in [0.25, 0.3) is 11.0 Å². The predicted molar refractivity (Wildman–Crippen MR) is 107 cm³/mol. The summed E-state index contributed by atoms with van der Waals surface area (Å²) in [6.45, 7) is 1.22. The van der Waals surface area contributed by atoms with Crippen LogP contribution in [0.1, 0.15) is 42.5 Å². The fourth-order valence-corrected chi connectivity index (χ4v) is 6.11. The second kappa shape index (κ2) is 5.84. The van der Waals surface area contributed by atoms with Gasteiger partial charge in [-0.15, -0.1) is 0 Å². The van der Waals surface area contributed by atoms with E-state index in [2.05, 4.69) is 22.1 Å². The molecule has 7 nitrogen and oxygen atoms in total. The molecule has 7 heteroatoms. The van der Waals surface area contributed by atoms with Crippen molar-refractivity contribution in [2.45, 2.75) is 44.2 Å².